The third-order valence-corrected chi connectivity index (χ3v) is 4.36. The molecule has 1 fully saturated rings. The highest BCUT2D eigenvalue weighted by Gasteiger charge is 2.25. The van der Waals surface area contributed by atoms with Crippen LogP contribution in [0.3, 0.4) is 0 Å². The molecule has 1 amide bonds. The molecule has 1 saturated heterocycles. The summed E-state index contributed by atoms with van der Waals surface area (Å²) in [6.45, 7) is 4.44. The van der Waals surface area contributed by atoms with Crippen LogP contribution in [0.1, 0.15) is 16.1 Å². The van der Waals surface area contributed by atoms with Gasteiger partial charge in [-0.1, -0.05) is 35.9 Å². The Bertz CT molecular complexity index is 877. The van der Waals surface area contributed by atoms with E-state index in [1.807, 2.05) is 45.8 Å². The minimum absolute atomic E-state index is 0.0300. The summed E-state index contributed by atoms with van der Waals surface area (Å²) in [5.74, 6) is -0.0300. The molecular formula is C19H19N3O2. The molecule has 0 N–H and O–H groups in total. The Morgan fingerprint density at radius 1 is 1.08 bits per heavy atom. The number of amides is 1. The molecule has 5 nitrogen and oxygen atoms in total. The Hall–Kier alpha value is -2.66. The highest BCUT2D eigenvalue weighted by atomic mass is 16.5. The first kappa shape index (κ1) is 14.9. The van der Waals surface area contributed by atoms with Crippen LogP contribution >= 0.6 is 0 Å². The first-order chi connectivity index (χ1) is 11.7. The van der Waals surface area contributed by atoms with E-state index in [9.17, 15) is 4.79 Å². The molecule has 0 aliphatic carbocycles. The number of hydrogen-bond donors (Lipinski definition) is 0. The van der Waals surface area contributed by atoms with Gasteiger partial charge in [-0.25, -0.2) is 4.98 Å². The van der Waals surface area contributed by atoms with Crippen LogP contribution in [0.2, 0.25) is 0 Å². The molecule has 1 aliphatic rings. The minimum atomic E-state index is -0.0300. The molecule has 1 aromatic carbocycles. The number of pyridine rings is 1. The van der Waals surface area contributed by atoms with Crippen LogP contribution in [0.15, 0.2) is 48.7 Å². The van der Waals surface area contributed by atoms with Crippen molar-refractivity contribution < 1.29 is 9.53 Å². The fraction of sp³-hybridized carbons (Fsp3) is 0.263. The lowest BCUT2D eigenvalue weighted by Gasteiger charge is -2.26. The Balaban J connectivity index is 1.86. The first-order valence-corrected chi connectivity index (χ1v) is 8.15. The fourth-order valence-electron chi connectivity index (χ4n) is 3.05. The van der Waals surface area contributed by atoms with Gasteiger partial charge >= 0.3 is 0 Å². The van der Waals surface area contributed by atoms with Crippen LogP contribution in [0.25, 0.3) is 16.9 Å². The Kier molecular flexibility index (Phi) is 3.78. The van der Waals surface area contributed by atoms with Gasteiger partial charge in [0.25, 0.3) is 5.91 Å². The summed E-state index contributed by atoms with van der Waals surface area (Å²) in [4.78, 5) is 19.5. The summed E-state index contributed by atoms with van der Waals surface area (Å²) in [7, 11) is 0. The number of ether oxygens (including phenoxy) is 1. The summed E-state index contributed by atoms with van der Waals surface area (Å²) in [5.41, 5.74) is 4.32. The van der Waals surface area contributed by atoms with E-state index in [0.29, 0.717) is 32.0 Å². The lowest BCUT2D eigenvalue weighted by atomic mass is 10.1. The zero-order chi connectivity index (χ0) is 16.5. The molecule has 0 unspecified atom stereocenters. The zero-order valence-electron chi connectivity index (χ0n) is 13.6. The lowest BCUT2D eigenvalue weighted by molar-refractivity contribution is 0.0300. The third kappa shape index (κ3) is 2.57. The van der Waals surface area contributed by atoms with Crippen LogP contribution in [0.5, 0.6) is 0 Å². The average molecular weight is 321 g/mol. The summed E-state index contributed by atoms with van der Waals surface area (Å²) in [5, 5.41) is 0. The first-order valence-electron chi connectivity index (χ1n) is 8.15. The predicted molar refractivity (Wildman–Crippen MR) is 92.1 cm³/mol. The van der Waals surface area contributed by atoms with Crippen molar-refractivity contribution in [3.05, 3.63) is 59.9 Å². The van der Waals surface area contributed by atoms with E-state index in [0.717, 1.165) is 16.9 Å². The molecule has 0 saturated carbocycles. The predicted octanol–water partition coefficient (Wildman–Crippen LogP) is 2.78. The molecule has 0 radical (unpaired) electrons. The van der Waals surface area contributed by atoms with Gasteiger partial charge in [0.2, 0.25) is 0 Å². The molecule has 122 valence electrons. The van der Waals surface area contributed by atoms with Crippen molar-refractivity contribution in [2.75, 3.05) is 26.3 Å². The van der Waals surface area contributed by atoms with Gasteiger partial charge in [-0.05, 0) is 19.1 Å². The summed E-state index contributed by atoms with van der Waals surface area (Å²) < 4.78 is 7.34. The van der Waals surface area contributed by atoms with Crippen LogP contribution in [0, 0.1) is 6.92 Å². The molecule has 5 heteroatoms. The molecule has 24 heavy (non-hydrogen) atoms. The Morgan fingerprint density at radius 2 is 1.83 bits per heavy atom. The maximum absolute atomic E-state index is 13.0. The second-order valence-electron chi connectivity index (χ2n) is 6.01. The number of benzene rings is 1. The van der Waals surface area contributed by atoms with Gasteiger partial charge in [-0.15, -0.1) is 0 Å². The number of nitrogens with zero attached hydrogens (tertiary/aromatic N) is 3. The highest BCUT2D eigenvalue weighted by Crippen LogP contribution is 2.27. The van der Waals surface area contributed by atoms with E-state index in [2.05, 4.69) is 24.0 Å². The minimum Gasteiger partial charge on any atom is -0.378 e. The maximum Gasteiger partial charge on any atom is 0.274 e. The van der Waals surface area contributed by atoms with Crippen molar-refractivity contribution in [2.45, 2.75) is 6.92 Å². The normalized spacial score (nSPS) is 15.0. The smallest absolute Gasteiger partial charge is 0.274 e. The maximum atomic E-state index is 13.0. The summed E-state index contributed by atoms with van der Waals surface area (Å²) in [6.07, 6.45) is 1.95. The molecule has 0 spiro atoms. The Morgan fingerprint density at radius 3 is 2.58 bits per heavy atom. The summed E-state index contributed by atoms with van der Waals surface area (Å²) >= 11 is 0. The number of fused-ring (bicyclic) bond motifs is 1. The van der Waals surface area contributed by atoms with Gasteiger partial charge in [0.05, 0.1) is 18.9 Å². The molecule has 4 rings (SSSR count). The third-order valence-electron chi connectivity index (χ3n) is 4.36. The number of hydrogen-bond acceptors (Lipinski definition) is 3. The van der Waals surface area contributed by atoms with E-state index < -0.39 is 0 Å². The van der Waals surface area contributed by atoms with Crippen molar-refractivity contribution in [1.29, 1.82) is 0 Å². The fourth-order valence-corrected chi connectivity index (χ4v) is 3.05. The molecular weight excluding hydrogens is 302 g/mol. The number of carbonyl (C=O) groups excluding carboxylic acids is 1. The van der Waals surface area contributed by atoms with Gasteiger partial charge < -0.3 is 9.64 Å². The van der Waals surface area contributed by atoms with Crippen LogP contribution in [0.4, 0.5) is 0 Å². The molecule has 3 heterocycles. The van der Waals surface area contributed by atoms with Crippen molar-refractivity contribution in [3.63, 3.8) is 0 Å². The molecule has 0 bridgehead atoms. The van der Waals surface area contributed by atoms with E-state index in [1.165, 1.54) is 5.56 Å². The quantitative estimate of drug-likeness (QED) is 0.729. The topological polar surface area (TPSA) is 46.8 Å². The highest BCUT2D eigenvalue weighted by molar-refractivity contribution is 5.99. The van der Waals surface area contributed by atoms with Crippen molar-refractivity contribution >= 4 is 11.6 Å². The number of imidazole rings is 1. The number of carbonyl (C=O) groups is 1. The van der Waals surface area contributed by atoms with E-state index in [1.54, 1.807) is 0 Å². The van der Waals surface area contributed by atoms with Gasteiger partial charge in [-0.2, -0.15) is 0 Å². The molecule has 3 aromatic rings. The second-order valence-corrected chi connectivity index (χ2v) is 6.01. The van der Waals surface area contributed by atoms with Crippen LogP contribution < -0.4 is 0 Å². The standard InChI is InChI=1S/C19H19N3O2/c1-14-5-7-15(8-6-14)18-17(19(23)21-10-12-24-13-11-21)20-16-4-2-3-9-22(16)18/h2-9H,10-13H2,1H3. The number of rotatable bonds is 2. The van der Waals surface area contributed by atoms with Crippen molar-refractivity contribution in [2.24, 2.45) is 0 Å². The molecule has 0 atom stereocenters. The van der Waals surface area contributed by atoms with Crippen molar-refractivity contribution in [1.82, 2.24) is 14.3 Å². The van der Waals surface area contributed by atoms with Gasteiger partial charge in [0.1, 0.15) is 5.65 Å². The van der Waals surface area contributed by atoms with E-state index >= 15 is 0 Å². The largest absolute Gasteiger partial charge is 0.378 e. The van der Waals surface area contributed by atoms with Gasteiger partial charge in [0, 0.05) is 24.8 Å². The monoisotopic (exact) mass is 321 g/mol. The van der Waals surface area contributed by atoms with Crippen molar-refractivity contribution in [3.8, 4) is 11.3 Å². The SMILES string of the molecule is Cc1ccc(-c2c(C(=O)N3CCOCC3)nc3ccccn23)cc1. The van der Waals surface area contributed by atoms with Gasteiger partial charge in [-0.3, -0.25) is 9.20 Å². The number of aromatic nitrogens is 2. The number of aryl methyl sites for hydroxylation is 1. The van der Waals surface area contributed by atoms with Gasteiger partial charge in [0.15, 0.2) is 5.69 Å². The Labute approximate surface area is 140 Å². The molecule has 1 aliphatic heterocycles. The number of morpholine rings is 1. The lowest BCUT2D eigenvalue weighted by Crippen LogP contribution is -2.41. The second kappa shape index (κ2) is 6.09. The molecule has 2 aromatic heterocycles. The zero-order valence-corrected chi connectivity index (χ0v) is 13.6. The summed E-state index contributed by atoms with van der Waals surface area (Å²) in [6, 6.07) is 14.0. The van der Waals surface area contributed by atoms with Crippen LogP contribution in [-0.4, -0.2) is 46.5 Å². The van der Waals surface area contributed by atoms with E-state index in [4.69, 9.17) is 4.74 Å². The van der Waals surface area contributed by atoms with E-state index in [-0.39, 0.29) is 5.91 Å². The average Bonchev–Trinajstić information content (AvgIpc) is 3.02. The van der Waals surface area contributed by atoms with Crippen LogP contribution in [-0.2, 0) is 4.74 Å².